The summed E-state index contributed by atoms with van der Waals surface area (Å²) in [6.45, 7) is 0.873. The van der Waals surface area contributed by atoms with Crippen LogP contribution in [0.5, 0.6) is 0 Å². The Morgan fingerprint density at radius 1 is 1.32 bits per heavy atom. The SMILES string of the molecule is O=S(=O)(/C=C/c1ccccc1Cl)N1CCC(n2ccnn2)C1. The summed E-state index contributed by atoms with van der Waals surface area (Å²) in [5.74, 6) is 0. The molecule has 8 heteroatoms. The second kappa shape index (κ2) is 6.20. The third kappa shape index (κ3) is 3.21. The Morgan fingerprint density at radius 3 is 2.86 bits per heavy atom. The summed E-state index contributed by atoms with van der Waals surface area (Å²) in [5.41, 5.74) is 0.680. The average molecular weight is 339 g/mol. The lowest BCUT2D eigenvalue weighted by atomic mass is 10.2. The van der Waals surface area contributed by atoms with Crippen LogP contribution >= 0.6 is 11.6 Å². The molecule has 1 atom stereocenters. The fraction of sp³-hybridized carbons (Fsp3) is 0.286. The van der Waals surface area contributed by atoms with E-state index >= 15 is 0 Å². The number of hydrogen-bond donors (Lipinski definition) is 0. The Hall–Kier alpha value is -1.70. The van der Waals surface area contributed by atoms with E-state index in [1.54, 1.807) is 35.3 Å². The molecule has 0 N–H and O–H groups in total. The summed E-state index contributed by atoms with van der Waals surface area (Å²) < 4.78 is 27.9. The van der Waals surface area contributed by atoms with E-state index < -0.39 is 10.0 Å². The van der Waals surface area contributed by atoms with Crippen molar-refractivity contribution in [2.45, 2.75) is 12.5 Å². The Morgan fingerprint density at radius 2 is 2.14 bits per heavy atom. The highest BCUT2D eigenvalue weighted by Crippen LogP contribution is 2.24. The highest BCUT2D eigenvalue weighted by atomic mass is 35.5. The molecule has 0 amide bonds. The Labute approximate surface area is 134 Å². The van der Waals surface area contributed by atoms with Crippen LogP contribution in [0.15, 0.2) is 42.1 Å². The van der Waals surface area contributed by atoms with E-state index in [1.807, 2.05) is 6.07 Å². The lowest BCUT2D eigenvalue weighted by Crippen LogP contribution is -2.27. The van der Waals surface area contributed by atoms with Crippen molar-refractivity contribution in [2.75, 3.05) is 13.1 Å². The van der Waals surface area contributed by atoms with E-state index in [0.29, 0.717) is 23.7 Å². The molecular formula is C14H15ClN4O2S. The van der Waals surface area contributed by atoms with Gasteiger partial charge in [-0.3, -0.25) is 0 Å². The summed E-state index contributed by atoms with van der Waals surface area (Å²) in [6.07, 6.45) is 5.60. The van der Waals surface area contributed by atoms with Gasteiger partial charge in [0.2, 0.25) is 10.0 Å². The van der Waals surface area contributed by atoms with Gasteiger partial charge in [-0.1, -0.05) is 35.0 Å². The number of sulfonamides is 1. The maximum atomic E-state index is 12.4. The molecule has 3 rings (SSSR count). The minimum absolute atomic E-state index is 0.0333. The van der Waals surface area contributed by atoms with Crippen molar-refractivity contribution >= 4 is 27.7 Å². The molecule has 1 aromatic heterocycles. The van der Waals surface area contributed by atoms with Crippen LogP contribution in [0.3, 0.4) is 0 Å². The second-order valence-corrected chi connectivity index (χ2v) is 7.28. The first kappa shape index (κ1) is 15.2. The third-order valence-corrected chi connectivity index (χ3v) is 5.50. The van der Waals surface area contributed by atoms with Crippen molar-refractivity contribution in [2.24, 2.45) is 0 Å². The van der Waals surface area contributed by atoms with Gasteiger partial charge in [-0.25, -0.2) is 13.1 Å². The maximum absolute atomic E-state index is 12.4. The van der Waals surface area contributed by atoms with Gasteiger partial charge in [0.1, 0.15) is 0 Å². The summed E-state index contributed by atoms with van der Waals surface area (Å²) in [7, 11) is -3.47. The van der Waals surface area contributed by atoms with Crippen LogP contribution in [-0.2, 0) is 10.0 Å². The van der Waals surface area contributed by atoms with Gasteiger partial charge in [0.25, 0.3) is 0 Å². The Balaban J connectivity index is 1.73. The minimum Gasteiger partial charge on any atom is -0.248 e. The van der Waals surface area contributed by atoms with E-state index in [9.17, 15) is 8.42 Å². The average Bonchev–Trinajstić information content (AvgIpc) is 3.17. The van der Waals surface area contributed by atoms with Crippen LogP contribution in [0.2, 0.25) is 5.02 Å². The molecule has 2 heterocycles. The van der Waals surface area contributed by atoms with Crippen LogP contribution in [-0.4, -0.2) is 40.8 Å². The first-order chi connectivity index (χ1) is 10.6. The standard InChI is InChI=1S/C14H15ClN4O2S/c15-14-4-2-1-3-12(14)6-10-22(20,21)18-8-5-13(11-18)19-9-7-16-17-19/h1-4,6-7,9-10,13H,5,8,11H2/b10-6+. The molecular weight excluding hydrogens is 324 g/mol. The van der Waals surface area contributed by atoms with Crippen LogP contribution in [0, 0.1) is 0 Å². The first-order valence-corrected chi connectivity index (χ1v) is 8.73. The van der Waals surface area contributed by atoms with E-state index in [4.69, 9.17) is 11.6 Å². The smallest absolute Gasteiger partial charge is 0.236 e. The number of halogens is 1. The number of hydrogen-bond acceptors (Lipinski definition) is 4. The van der Waals surface area contributed by atoms with Crippen molar-refractivity contribution in [1.29, 1.82) is 0 Å². The van der Waals surface area contributed by atoms with Gasteiger partial charge in [-0.05, 0) is 24.1 Å². The van der Waals surface area contributed by atoms with E-state index in [0.717, 1.165) is 6.42 Å². The fourth-order valence-electron chi connectivity index (χ4n) is 2.43. The molecule has 0 aliphatic carbocycles. The predicted octanol–water partition coefficient (Wildman–Crippen LogP) is 2.18. The number of nitrogens with zero attached hydrogens (tertiary/aromatic N) is 4. The molecule has 1 fully saturated rings. The monoisotopic (exact) mass is 338 g/mol. The molecule has 1 unspecified atom stereocenters. The van der Waals surface area contributed by atoms with Gasteiger partial charge in [0.05, 0.1) is 12.2 Å². The molecule has 1 saturated heterocycles. The van der Waals surface area contributed by atoms with Gasteiger partial charge in [-0.2, -0.15) is 4.31 Å². The molecule has 0 saturated carbocycles. The van der Waals surface area contributed by atoms with Gasteiger partial charge in [-0.15, -0.1) is 5.10 Å². The summed E-state index contributed by atoms with van der Waals surface area (Å²) in [6, 6.07) is 7.15. The molecule has 6 nitrogen and oxygen atoms in total. The summed E-state index contributed by atoms with van der Waals surface area (Å²) in [5, 5.41) is 9.42. The molecule has 116 valence electrons. The van der Waals surface area contributed by atoms with E-state index in [1.165, 1.54) is 15.8 Å². The van der Waals surface area contributed by atoms with Crippen molar-refractivity contribution in [1.82, 2.24) is 19.3 Å². The molecule has 0 bridgehead atoms. The number of aromatic nitrogens is 3. The van der Waals surface area contributed by atoms with Crippen LogP contribution in [0.25, 0.3) is 6.08 Å². The minimum atomic E-state index is -3.47. The predicted molar refractivity (Wildman–Crippen MR) is 84.7 cm³/mol. The highest BCUT2D eigenvalue weighted by Gasteiger charge is 2.31. The Bertz CT molecular complexity index is 774. The Kier molecular flexibility index (Phi) is 4.28. The second-order valence-electron chi connectivity index (χ2n) is 5.05. The zero-order chi connectivity index (χ0) is 15.6. The lowest BCUT2D eigenvalue weighted by molar-refractivity contribution is 0.432. The van der Waals surface area contributed by atoms with E-state index in [2.05, 4.69) is 10.3 Å². The summed E-state index contributed by atoms with van der Waals surface area (Å²) in [4.78, 5) is 0. The summed E-state index contributed by atoms with van der Waals surface area (Å²) >= 11 is 6.03. The molecule has 0 spiro atoms. The molecule has 22 heavy (non-hydrogen) atoms. The quantitative estimate of drug-likeness (QED) is 0.857. The maximum Gasteiger partial charge on any atom is 0.236 e. The normalized spacial score (nSPS) is 20.0. The fourth-order valence-corrected chi connectivity index (χ4v) is 3.85. The highest BCUT2D eigenvalue weighted by molar-refractivity contribution is 7.92. The number of benzene rings is 1. The molecule has 1 aliphatic rings. The van der Waals surface area contributed by atoms with E-state index in [-0.39, 0.29) is 6.04 Å². The van der Waals surface area contributed by atoms with Crippen molar-refractivity contribution in [3.8, 4) is 0 Å². The largest absolute Gasteiger partial charge is 0.248 e. The zero-order valence-corrected chi connectivity index (χ0v) is 13.3. The zero-order valence-electron chi connectivity index (χ0n) is 11.7. The van der Waals surface area contributed by atoms with Crippen molar-refractivity contribution < 1.29 is 8.42 Å². The number of rotatable bonds is 4. The first-order valence-electron chi connectivity index (χ1n) is 6.85. The molecule has 0 radical (unpaired) electrons. The van der Waals surface area contributed by atoms with Crippen molar-refractivity contribution in [3.63, 3.8) is 0 Å². The van der Waals surface area contributed by atoms with Crippen LogP contribution < -0.4 is 0 Å². The molecule has 1 aromatic carbocycles. The third-order valence-electron chi connectivity index (χ3n) is 3.63. The topological polar surface area (TPSA) is 68.1 Å². The lowest BCUT2D eigenvalue weighted by Gasteiger charge is -2.13. The molecule has 1 aliphatic heterocycles. The van der Waals surface area contributed by atoms with Crippen LogP contribution in [0.4, 0.5) is 0 Å². The van der Waals surface area contributed by atoms with Crippen molar-refractivity contribution in [3.05, 3.63) is 52.7 Å². The molecule has 2 aromatic rings. The van der Waals surface area contributed by atoms with Gasteiger partial charge < -0.3 is 0 Å². The van der Waals surface area contributed by atoms with Gasteiger partial charge in [0, 0.05) is 29.7 Å². The van der Waals surface area contributed by atoms with Gasteiger partial charge >= 0.3 is 0 Å². The van der Waals surface area contributed by atoms with Gasteiger partial charge in [0.15, 0.2) is 0 Å². The van der Waals surface area contributed by atoms with Crippen LogP contribution in [0.1, 0.15) is 18.0 Å².